The molecular formula is C12H20O9. The summed E-state index contributed by atoms with van der Waals surface area (Å²) in [5, 5.41) is 67.1. The molecule has 2 rings (SSSR count). The average molecular weight is 308 g/mol. The average Bonchev–Trinajstić information content (AvgIpc) is 2.47. The highest BCUT2D eigenvalue weighted by Crippen LogP contribution is 2.26. The third-order valence-corrected chi connectivity index (χ3v) is 3.67. The zero-order chi connectivity index (χ0) is 15.7. The molecule has 0 radical (unpaired) electrons. The molecule has 7 N–H and O–H groups in total. The first kappa shape index (κ1) is 16.7. The molecule has 9 heteroatoms. The molecule has 1 aliphatic carbocycles. The van der Waals surface area contributed by atoms with Crippen molar-refractivity contribution in [2.45, 2.75) is 55.1 Å². The van der Waals surface area contributed by atoms with Crippen molar-refractivity contribution < 1.29 is 45.2 Å². The van der Waals surface area contributed by atoms with E-state index >= 15 is 0 Å². The van der Waals surface area contributed by atoms with Gasteiger partial charge in [0.15, 0.2) is 6.29 Å². The van der Waals surface area contributed by atoms with Gasteiger partial charge in [-0.15, -0.1) is 0 Å². The molecule has 9 atom stereocenters. The predicted molar refractivity (Wildman–Crippen MR) is 65.8 cm³/mol. The first-order valence-electron chi connectivity index (χ1n) is 6.55. The summed E-state index contributed by atoms with van der Waals surface area (Å²) < 4.78 is 10.3. The van der Waals surface area contributed by atoms with Crippen LogP contribution < -0.4 is 0 Å². The Kier molecular flexibility index (Phi) is 5.30. The van der Waals surface area contributed by atoms with E-state index in [1.165, 1.54) is 12.2 Å². The fourth-order valence-electron chi connectivity index (χ4n) is 2.34. The summed E-state index contributed by atoms with van der Waals surface area (Å²) in [6.45, 7) is -0.622. The lowest BCUT2D eigenvalue weighted by Gasteiger charge is -2.42. The lowest BCUT2D eigenvalue weighted by atomic mass is 9.95. The molecule has 0 spiro atoms. The topological polar surface area (TPSA) is 160 Å². The van der Waals surface area contributed by atoms with Gasteiger partial charge in [-0.3, -0.25) is 0 Å². The third kappa shape index (κ3) is 3.26. The minimum absolute atomic E-state index is 0.622. The fourth-order valence-corrected chi connectivity index (χ4v) is 2.34. The van der Waals surface area contributed by atoms with E-state index in [0.29, 0.717) is 0 Å². The summed E-state index contributed by atoms with van der Waals surface area (Å²) in [7, 11) is 0. The summed E-state index contributed by atoms with van der Waals surface area (Å²) >= 11 is 0. The summed E-state index contributed by atoms with van der Waals surface area (Å²) in [6, 6.07) is 0. The van der Waals surface area contributed by atoms with Crippen LogP contribution in [-0.2, 0) is 9.47 Å². The molecule has 1 saturated heterocycles. The van der Waals surface area contributed by atoms with Crippen LogP contribution in [0.4, 0.5) is 0 Å². The van der Waals surface area contributed by atoms with Crippen LogP contribution >= 0.6 is 0 Å². The lowest BCUT2D eigenvalue weighted by Crippen LogP contribution is -2.61. The van der Waals surface area contributed by atoms with Gasteiger partial charge in [0.25, 0.3) is 0 Å². The normalized spacial score (nSPS) is 51.1. The Morgan fingerprint density at radius 2 is 1.43 bits per heavy atom. The SMILES string of the molecule is OC[C@H]1O[C@@H](O[C@@H]2[C@@H](O)[C@H](O)C=C[C@@H]2O)[C@H](O)[C@@H](O)[C@@H]1O. The van der Waals surface area contributed by atoms with Crippen LogP contribution in [0.5, 0.6) is 0 Å². The summed E-state index contributed by atoms with van der Waals surface area (Å²) in [4.78, 5) is 0. The molecule has 0 aromatic heterocycles. The Balaban J connectivity index is 2.09. The van der Waals surface area contributed by atoms with Gasteiger partial charge in [0.2, 0.25) is 0 Å². The monoisotopic (exact) mass is 308 g/mol. The second kappa shape index (κ2) is 6.65. The van der Waals surface area contributed by atoms with E-state index < -0.39 is 61.7 Å². The summed E-state index contributed by atoms with van der Waals surface area (Å²) in [6.07, 6.45) is -10.3. The number of hydrogen-bond acceptors (Lipinski definition) is 9. The van der Waals surface area contributed by atoms with Crippen molar-refractivity contribution >= 4 is 0 Å². The van der Waals surface area contributed by atoms with Crippen molar-refractivity contribution in [2.75, 3.05) is 6.61 Å². The van der Waals surface area contributed by atoms with Gasteiger partial charge in [0.05, 0.1) is 6.61 Å². The number of aliphatic hydroxyl groups excluding tert-OH is 7. The van der Waals surface area contributed by atoms with Crippen molar-refractivity contribution in [1.82, 2.24) is 0 Å². The largest absolute Gasteiger partial charge is 0.394 e. The fraction of sp³-hybridized carbons (Fsp3) is 0.833. The number of rotatable bonds is 3. The first-order valence-corrected chi connectivity index (χ1v) is 6.55. The van der Waals surface area contributed by atoms with Crippen molar-refractivity contribution in [1.29, 1.82) is 0 Å². The second-order valence-electron chi connectivity index (χ2n) is 5.15. The van der Waals surface area contributed by atoms with E-state index in [0.717, 1.165) is 0 Å². The van der Waals surface area contributed by atoms with E-state index in [9.17, 15) is 30.6 Å². The smallest absolute Gasteiger partial charge is 0.187 e. The second-order valence-corrected chi connectivity index (χ2v) is 5.15. The van der Waals surface area contributed by atoms with E-state index in [1.807, 2.05) is 0 Å². The van der Waals surface area contributed by atoms with E-state index in [-0.39, 0.29) is 0 Å². The van der Waals surface area contributed by atoms with Gasteiger partial charge in [-0.05, 0) is 0 Å². The van der Waals surface area contributed by atoms with Crippen LogP contribution in [0.15, 0.2) is 12.2 Å². The maximum atomic E-state index is 9.80. The van der Waals surface area contributed by atoms with E-state index in [1.54, 1.807) is 0 Å². The molecule has 2 aliphatic rings. The summed E-state index contributed by atoms with van der Waals surface area (Å²) in [5.41, 5.74) is 0. The Hall–Kier alpha value is -0.620. The zero-order valence-corrected chi connectivity index (χ0v) is 11.0. The van der Waals surface area contributed by atoms with Crippen LogP contribution in [0.3, 0.4) is 0 Å². The molecule has 0 unspecified atom stereocenters. The van der Waals surface area contributed by atoms with Crippen LogP contribution in [0.1, 0.15) is 0 Å². The Morgan fingerprint density at radius 1 is 0.810 bits per heavy atom. The molecule has 0 aromatic rings. The van der Waals surface area contributed by atoms with Crippen LogP contribution in [0.25, 0.3) is 0 Å². The minimum Gasteiger partial charge on any atom is -0.394 e. The molecule has 21 heavy (non-hydrogen) atoms. The van der Waals surface area contributed by atoms with Gasteiger partial charge in [0.1, 0.15) is 48.8 Å². The Labute approximate surface area is 120 Å². The molecule has 1 fully saturated rings. The highest BCUT2D eigenvalue weighted by molar-refractivity contribution is 5.08. The van der Waals surface area contributed by atoms with Crippen molar-refractivity contribution in [3.8, 4) is 0 Å². The van der Waals surface area contributed by atoms with Gasteiger partial charge < -0.3 is 45.2 Å². The van der Waals surface area contributed by atoms with Gasteiger partial charge in [-0.1, -0.05) is 12.2 Å². The molecular weight excluding hydrogens is 288 g/mol. The maximum absolute atomic E-state index is 9.80. The number of hydrogen-bond donors (Lipinski definition) is 7. The number of ether oxygens (including phenoxy) is 2. The van der Waals surface area contributed by atoms with Crippen molar-refractivity contribution in [3.63, 3.8) is 0 Å². The molecule has 0 bridgehead atoms. The first-order chi connectivity index (χ1) is 9.86. The highest BCUT2D eigenvalue weighted by atomic mass is 16.7. The van der Waals surface area contributed by atoms with Crippen LogP contribution in [0.2, 0.25) is 0 Å². The Morgan fingerprint density at radius 3 is 2.05 bits per heavy atom. The molecule has 1 heterocycles. The van der Waals surface area contributed by atoms with Gasteiger partial charge in [0, 0.05) is 0 Å². The molecule has 1 aliphatic heterocycles. The molecule has 0 saturated carbocycles. The number of aliphatic hydroxyl groups is 7. The molecule has 0 amide bonds. The van der Waals surface area contributed by atoms with E-state index in [4.69, 9.17) is 14.6 Å². The molecule has 0 aromatic carbocycles. The molecule has 9 nitrogen and oxygen atoms in total. The highest BCUT2D eigenvalue weighted by Gasteiger charge is 2.47. The summed E-state index contributed by atoms with van der Waals surface area (Å²) in [5.74, 6) is 0. The minimum atomic E-state index is -1.65. The quantitative estimate of drug-likeness (QED) is 0.257. The maximum Gasteiger partial charge on any atom is 0.187 e. The van der Waals surface area contributed by atoms with Gasteiger partial charge in [-0.2, -0.15) is 0 Å². The lowest BCUT2D eigenvalue weighted by molar-refractivity contribution is -0.324. The third-order valence-electron chi connectivity index (χ3n) is 3.67. The van der Waals surface area contributed by atoms with Crippen molar-refractivity contribution in [2.24, 2.45) is 0 Å². The zero-order valence-electron chi connectivity index (χ0n) is 11.0. The van der Waals surface area contributed by atoms with Gasteiger partial charge >= 0.3 is 0 Å². The van der Waals surface area contributed by atoms with Gasteiger partial charge in [-0.25, -0.2) is 0 Å². The van der Waals surface area contributed by atoms with Crippen LogP contribution in [0, 0.1) is 0 Å². The predicted octanol–water partition coefficient (Wildman–Crippen LogP) is -4.18. The Bertz CT molecular complexity index is 374. The standard InChI is InChI=1S/C12H20O9/c13-3-6-8(17)9(18)10(19)12(20-6)21-11-5(15)2-1-4(14)7(11)16/h1-2,4-19H,3H2/t4-,5+,6-,7+,8-,9+,10-,11+,12+/m1/s1. The molecule has 122 valence electrons. The van der Waals surface area contributed by atoms with Crippen LogP contribution in [-0.4, -0.2) is 97.5 Å². The van der Waals surface area contributed by atoms with E-state index in [2.05, 4.69) is 0 Å². The van der Waals surface area contributed by atoms with Crippen molar-refractivity contribution in [3.05, 3.63) is 12.2 Å².